The lowest BCUT2D eigenvalue weighted by molar-refractivity contribution is 0.740. The fourth-order valence-corrected chi connectivity index (χ4v) is 2.51. The zero-order chi connectivity index (χ0) is 11.3. The third kappa shape index (κ3) is 1.69. The van der Waals surface area contributed by atoms with E-state index in [-0.39, 0.29) is 29.4 Å². The Morgan fingerprint density at radius 1 is 1.00 bits per heavy atom. The van der Waals surface area contributed by atoms with Gasteiger partial charge in [0, 0.05) is 11.1 Å². The second kappa shape index (κ2) is 4.09. The first kappa shape index (κ1) is 12.6. The highest BCUT2D eigenvalue weighted by Gasteiger charge is 2.33. The molecule has 2 aromatic carbocycles. The number of benzene rings is 2. The lowest BCUT2D eigenvalue weighted by atomic mass is 9.80. The zero-order valence-corrected chi connectivity index (χ0v) is 12.6. The van der Waals surface area contributed by atoms with Gasteiger partial charge in [-0.15, -0.1) is 24.0 Å². The number of hydrogen-bond acceptors (Lipinski definition) is 1. The van der Waals surface area contributed by atoms with Crippen LogP contribution >= 0.6 is 24.0 Å². The van der Waals surface area contributed by atoms with Gasteiger partial charge in [0.1, 0.15) is 0 Å². The molecule has 1 aliphatic heterocycles. The first-order chi connectivity index (χ1) is 7.60. The molecule has 1 nitrogen and oxygen atoms in total. The lowest BCUT2D eigenvalue weighted by Crippen LogP contribution is -2.22. The molecule has 2 heteroatoms. The minimum absolute atomic E-state index is 0. The molecule has 88 valence electrons. The monoisotopic (exact) mass is 337 g/mol. The SMILES string of the molecule is CC1=Nc2ccc3ccccc3c2C1(C)C.I. The Bertz CT molecular complexity index is 611. The second-order valence-electron chi connectivity index (χ2n) is 5.00. The van der Waals surface area contributed by atoms with Crippen LogP contribution in [0.5, 0.6) is 0 Å². The fourth-order valence-electron chi connectivity index (χ4n) is 2.51. The van der Waals surface area contributed by atoms with Gasteiger partial charge in [-0.05, 0) is 29.3 Å². The summed E-state index contributed by atoms with van der Waals surface area (Å²) < 4.78 is 0. The van der Waals surface area contributed by atoms with Gasteiger partial charge < -0.3 is 0 Å². The van der Waals surface area contributed by atoms with Gasteiger partial charge in [-0.2, -0.15) is 0 Å². The maximum Gasteiger partial charge on any atom is 0.0677 e. The molecule has 0 aromatic heterocycles. The van der Waals surface area contributed by atoms with E-state index in [1.807, 2.05) is 0 Å². The lowest BCUT2D eigenvalue weighted by Gasteiger charge is -2.21. The predicted molar refractivity (Wildman–Crippen MR) is 85.2 cm³/mol. The third-order valence-corrected chi connectivity index (χ3v) is 3.72. The molecule has 0 aliphatic carbocycles. The van der Waals surface area contributed by atoms with Crippen LogP contribution in [-0.2, 0) is 5.41 Å². The molecule has 0 radical (unpaired) electrons. The fraction of sp³-hybridized carbons (Fsp3) is 0.267. The normalized spacial score (nSPS) is 16.3. The summed E-state index contributed by atoms with van der Waals surface area (Å²) in [4.78, 5) is 4.67. The van der Waals surface area contributed by atoms with E-state index in [9.17, 15) is 0 Å². The predicted octanol–water partition coefficient (Wildman–Crippen LogP) is 4.84. The van der Waals surface area contributed by atoms with Crippen LogP contribution in [-0.4, -0.2) is 5.71 Å². The quantitative estimate of drug-likeness (QED) is 0.610. The molecule has 1 heterocycles. The molecule has 3 rings (SSSR count). The molecule has 0 bridgehead atoms. The molecule has 17 heavy (non-hydrogen) atoms. The highest BCUT2D eigenvalue weighted by atomic mass is 127. The summed E-state index contributed by atoms with van der Waals surface area (Å²) >= 11 is 0. The van der Waals surface area contributed by atoms with Crippen LogP contribution in [0.3, 0.4) is 0 Å². The van der Waals surface area contributed by atoms with E-state index in [1.54, 1.807) is 0 Å². The first-order valence-electron chi connectivity index (χ1n) is 5.69. The highest BCUT2D eigenvalue weighted by molar-refractivity contribution is 14.0. The van der Waals surface area contributed by atoms with E-state index in [4.69, 9.17) is 0 Å². The van der Waals surface area contributed by atoms with Crippen molar-refractivity contribution in [3.8, 4) is 0 Å². The van der Waals surface area contributed by atoms with Gasteiger partial charge in [0.2, 0.25) is 0 Å². The van der Waals surface area contributed by atoms with Crippen molar-refractivity contribution in [3.63, 3.8) is 0 Å². The van der Waals surface area contributed by atoms with Crippen molar-refractivity contribution in [2.45, 2.75) is 26.2 Å². The van der Waals surface area contributed by atoms with Crippen LogP contribution in [0, 0.1) is 0 Å². The van der Waals surface area contributed by atoms with Crippen molar-refractivity contribution in [2.75, 3.05) is 0 Å². The van der Waals surface area contributed by atoms with Crippen LogP contribution in [0.25, 0.3) is 10.8 Å². The van der Waals surface area contributed by atoms with Crippen molar-refractivity contribution in [3.05, 3.63) is 42.0 Å². The number of halogens is 1. The molecule has 0 unspecified atom stereocenters. The van der Waals surface area contributed by atoms with Gasteiger partial charge in [0.25, 0.3) is 0 Å². The first-order valence-corrected chi connectivity index (χ1v) is 5.69. The van der Waals surface area contributed by atoms with Crippen LogP contribution in [0.2, 0.25) is 0 Å². The Labute approximate surface area is 119 Å². The minimum Gasteiger partial charge on any atom is -0.257 e. The molecule has 0 fully saturated rings. The van der Waals surface area contributed by atoms with E-state index >= 15 is 0 Å². The van der Waals surface area contributed by atoms with Crippen molar-refractivity contribution < 1.29 is 0 Å². The molecule has 0 spiro atoms. The Morgan fingerprint density at radius 3 is 2.47 bits per heavy atom. The van der Waals surface area contributed by atoms with Crippen molar-refractivity contribution in [2.24, 2.45) is 4.99 Å². The van der Waals surface area contributed by atoms with Gasteiger partial charge >= 0.3 is 0 Å². The summed E-state index contributed by atoms with van der Waals surface area (Å²) in [5.41, 5.74) is 3.79. The number of aliphatic imine (C=N–C) groups is 1. The van der Waals surface area contributed by atoms with E-state index in [1.165, 1.54) is 22.0 Å². The minimum atomic E-state index is 0. The average molecular weight is 337 g/mol. The molecule has 0 saturated carbocycles. The Morgan fingerprint density at radius 2 is 1.71 bits per heavy atom. The maximum atomic E-state index is 4.67. The van der Waals surface area contributed by atoms with Gasteiger partial charge in [0.15, 0.2) is 0 Å². The highest BCUT2D eigenvalue weighted by Crippen LogP contribution is 2.43. The molecule has 0 saturated heterocycles. The maximum absolute atomic E-state index is 4.67. The number of nitrogens with zero attached hydrogens (tertiary/aromatic N) is 1. The van der Waals surface area contributed by atoms with Crippen LogP contribution < -0.4 is 0 Å². The molecular weight excluding hydrogens is 321 g/mol. The Hall–Kier alpha value is -0.900. The Kier molecular flexibility index (Phi) is 3.02. The number of hydrogen-bond donors (Lipinski definition) is 0. The molecule has 0 amide bonds. The van der Waals surface area contributed by atoms with Crippen LogP contribution in [0.1, 0.15) is 26.3 Å². The van der Waals surface area contributed by atoms with Crippen LogP contribution in [0.15, 0.2) is 41.4 Å². The molecule has 1 aliphatic rings. The van der Waals surface area contributed by atoms with E-state index in [0.29, 0.717) is 0 Å². The topological polar surface area (TPSA) is 12.4 Å². The smallest absolute Gasteiger partial charge is 0.0677 e. The third-order valence-electron chi connectivity index (χ3n) is 3.72. The summed E-state index contributed by atoms with van der Waals surface area (Å²) in [6.45, 7) is 6.63. The van der Waals surface area contributed by atoms with Crippen molar-refractivity contribution in [1.82, 2.24) is 0 Å². The van der Waals surface area contributed by atoms with Crippen molar-refractivity contribution >= 4 is 46.1 Å². The molecular formula is C15H16IN. The second-order valence-corrected chi connectivity index (χ2v) is 5.00. The van der Waals surface area contributed by atoms with Crippen LogP contribution in [0.4, 0.5) is 5.69 Å². The average Bonchev–Trinajstić information content (AvgIpc) is 2.50. The van der Waals surface area contributed by atoms with Gasteiger partial charge in [-0.1, -0.05) is 44.2 Å². The number of fused-ring (bicyclic) bond motifs is 3. The van der Waals surface area contributed by atoms with E-state index in [0.717, 1.165) is 5.69 Å². The largest absolute Gasteiger partial charge is 0.257 e. The molecule has 0 N–H and O–H groups in total. The van der Waals surface area contributed by atoms with Crippen molar-refractivity contribution in [1.29, 1.82) is 0 Å². The van der Waals surface area contributed by atoms with E-state index < -0.39 is 0 Å². The van der Waals surface area contributed by atoms with Gasteiger partial charge in [0.05, 0.1) is 5.69 Å². The van der Waals surface area contributed by atoms with Gasteiger partial charge in [-0.3, -0.25) is 4.99 Å². The summed E-state index contributed by atoms with van der Waals surface area (Å²) in [5.74, 6) is 0. The standard InChI is InChI=1S/C15H15N.HI/c1-10-15(2,3)14-12-7-5-4-6-11(12)8-9-13(14)16-10;/h4-9H,1-3H3;1H. The summed E-state index contributed by atoms with van der Waals surface area (Å²) in [6, 6.07) is 12.8. The van der Waals surface area contributed by atoms with E-state index in [2.05, 4.69) is 62.2 Å². The Balaban J connectivity index is 0.00000108. The summed E-state index contributed by atoms with van der Waals surface area (Å²) in [6.07, 6.45) is 0. The van der Waals surface area contributed by atoms with Gasteiger partial charge in [-0.25, -0.2) is 0 Å². The summed E-state index contributed by atoms with van der Waals surface area (Å²) in [5, 5.41) is 2.64. The molecule has 2 aromatic rings. The zero-order valence-electron chi connectivity index (χ0n) is 10.3. The summed E-state index contributed by atoms with van der Waals surface area (Å²) in [7, 11) is 0. The number of rotatable bonds is 0. The molecule has 0 atom stereocenters.